The SMILES string of the molecule is O=C(Nc1ccc(N2CCN(C(=O)C3CCCCC3)CC2)cc1)C(Cl)c1ccccc1. The summed E-state index contributed by atoms with van der Waals surface area (Å²) in [5, 5.41) is 2.16. The number of anilines is 2. The molecule has 0 spiro atoms. The van der Waals surface area contributed by atoms with Crippen molar-refractivity contribution in [3.05, 3.63) is 60.2 Å². The third kappa shape index (κ3) is 5.40. The van der Waals surface area contributed by atoms with Crippen LogP contribution in [0.1, 0.15) is 43.0 Å². The van der Waals surface area contributed by atoms with E-state index in [2.05, 4.69) is 10.2 Å². The second-order valence-corrected chi connectivity index (χ2v) is 8.89. The molecule has 1 heterocycles. The van der Waals surface area contributed by atoms with Gasteiger partial charge in [0.05, 0.1) is 0 Å². The van der Waals surface area contributed by atoms with Crippen LogP contribution in [0.4, 0.5) is 11.4 Å². The molecule has 0 aromatic heterocycles. The molecule has 4 rings (SSSR count). The van der Waals surface area contributed by atoms with Gasteiger partial charge >= 0.3 is 0 Å². The minimum atomic E-state index is -0.726. The predicted molar refractivity (Wildman–Crippen MR) is 125 cm³/mol. The van der Waals surface area contributed by atoms with Crippen LogP contribution in [0, 0.1) is 5.92 Å². The summed E-state index contributed by atoms with van der Waals surface area (Å²) in [4.78, 5) is 29.5. The normalized spacial score (nSPS) is 18.5. The zero-order chi connectivity index (χ0) is 21.6. The molecule has 1 unspecified atom stereocenters. The van der Waals surface area contributed by atoms with Gasteiger partial charge in [0.15, 0.2) is 0 Å². The number of carbonyl (C=O) groups is 2. The molecule has 5 nitrogen and oxygen atoms in total. The van der Waals surface area contributed by atoms with Gasteiger partial charge in [-0.15, -0.1) is 11.6 Å². The van der Waals surface area contributed by atoms with E-state index in [1.807, 2.05) is 59.5 Å². The first-order valence-corrected chi connectivity index (χ1v) is 11.7. The van der Waals surface area contributed by atoms with Crippen molar-refractivity contribution in [1.29, 1.82) is 0 Å². The van der Waals surface area contributed by atoms with Crippen molar-refractivity contribution in [3.63, 3.8) is 0 Å². The molecule has 1 atom stereocenters. The topological polar surface area (TPSA) is 52.7 Å². The number of amides is 2. The van der Waals surface area contributed by atoms with Gasteiger partial charge in [-0.2, -0.15) is 0 Å². The highest BCUT2D eigenvalue weighted by Gasteiger charge is 2.28. The molecule has 1 aliphatic carbocycles. The van der Waals surface area contributed by atoms with Crippen LogP contribution in [0.2, 0.25) is 0 Å². The van der Waals surface area contributed by atoms with E-state index < -0.39 is 5.38 Å². The van der Waals surface area contributed by atoms with Crippen molar-refractivity contribution >= 4 is 34.8 Å². The molecule has 1 saturated heterocycles. The maximum Gasteiger partial charge on any atom is 0.246 e. The van der Waals surface area contributed by atoms with Crippen LogP contribution >= 0.6 is 11.6 Å². The van der Waals surface area contributed by atoms with Gasteiger partial charge in [0.25, 0.3) is 0 Å². The van der Waals surface area contributed by atoms with E-state index >= 15 is 0 Å². The van der Waals surface area contributed by atoms with Gasteiger partial charge in [0.1, 0.15) is 5.38 Å². The largest absolute Gasteiger partial charge is 0.368 e. The number of carbonyl (C=O) groups excluding carboxylic acids is 2. The van der Waals surface area contributed by atoms with Crippen LogP contribution in [0.3, 0.4) is 0 Å². The number of hydrogen-bond donors (Lipinski definition) is 1. The Balaban J connectivity index is 1.29. The summed E-state index contributed by atoms with van der Waals surface area (Å²) >= 11 is 6.30. The Hall–Kier alpha value is -2.53. The minimum Gasteiger partial charge on any atom is -0.368 e. The van der Waals surface area contributed by atoms with Gasteiger partial charge in [0.2, 0.25) is 11.8 Å². The van der Waals surface area contributed by atoms with Crippen LogP contribution in [-0.2, 0) is 9.59 Å². The highest BCUT2D eigenvalue weighted by Crippen LogP contribution is 2.27. The molecule has 2 fully saturated rings. The molecule has 0 radical (unpaired) electrons. The Kier molecular flexibility index (Phi) is 7.13. The molecule has 1 N–H and O–H groups in total. The van der Waals surface area contributed by atoms with Crippen LogP contribution < -0.4 is 10.2 Å². The van der Waals surface area contributed by atoms with Gasteiger partial charge in [-0.3, -0.25) is 9.59 Å². The van der Waals surface area contributed by atoms with Crippen molar-refractivity contribution in [2.75, 3.05) is 36.4 Å². The average Bonchev–Trinajstić information content (AvgIpc) is 2.85. The van der Waals surface area contributed by atoms with Gasteiger partial charge in [-0.1, -0.05) is 49.6 Å². The zero-order valence-corrected chi connectivity index (χ0v) is 18.6. The van der Waals surface area contributed by atoms with Crippen LogP contribution in [0.15, 0.2) is 54.6 Å². The molecule has 2 aromatic rings. The fourth-order valence-corrected chi connectivity index (χ4v) is 4.73. The predicted octanol–water partition coefficient (Wildman–Crippen LogP) is 4.83. The van der Waals surface area contributed by atoms with Gasteiger partial charge in [-0.25, -0.2) is 0 Å². The fraction of sp³-hybridized carbons (Fsp3) is 0.440. The summed E-state index contributed by atoms with van der Waals surface area (Å²) in [7, 11) is 0. The number of alkyl halides is 1. The van der Waals surface area contributed by atoms with Crippen LogP contribution in [0.5, 0.6) is 0 Å². The summed E-state index contributed by atoms with van der Waals surface area (Å²) < 4.78 is 0. The minimum absolute atomic E-state index is 0.240. The highest BCUT2D eigenvalue weighted by atomic mass is 35.5. The molecular weight excluding hydrogens is 410 g/mol. The van der Waals surface area contributed by atoms with E-state index in [4.69, 9.17) is 11.6 Å². The maximum atomic E-state index is 12.8. The van der Waals surface area contributed by atoms with Gasteiger partial charge in [0, 0.05) is 43.5 Å². The van der Waals surface area contributed by atoms with Gasteiger partial charge < -0.3 is 15.1 Å². The lowest BCUT2D eigenvalue weighted by atomic mass is 9.88. The summed E-state index contributed by atoms with van der Waals surface area (Å²) in [5.41, 5.74) is 2.61. The first-order chi connectivity index (χ1) is 15.1. The van der Waals surface area contributed by atoms with Crippen molar-refractivity contribution in [1.82, 2.24) is 4.90 Å². The van der Waals surface area contributed by atoms with E-state index in [9.17, 15) is 9.59 Å². The van der Waals surface area contributed by atoms with Crippen LogP contribution in [0.25, 0.3) is 0 Å². The summed E-state index contributed by atoms with van der Waals surface area (Å²) in [6.45, 7) is 3.22. The Morgan fingerprint density at radius 2 is 1.52 bits per heavy atom. The highest BCUT2D eigenvalue weighted by molar-refractivity contribution is 6.32. The van der Waals surface area contributed by atoms with E-state index in [0.29, 0.717) is 5.91 Å². The number of nitrogens with zero attached hydrogens (tertiary/aromatic N) is 2. The van der Waals surface area contributed by atoms with Crippen molar-refractivity contribution in [2.45, 2.75) is 37.5 Å². The van der Waals surface area contributed by atoms with E-state index in [1.165, 1.54) is 19.3 Å². The van der Waals surface area contributed by atoms with E-state index in [0.717, 1.165) is 56.0 Å². The Bertz CT molecular complexity index is 873. The summed E-state index contributed by atoms with van der Waals surface area (Å²) in [5.74, 6) is 0.353. The lowest BCUT2D eigenvalue weighted by Crippen LogP contribution is -2.50. The smallest absolute Gasteiger partial charge is 0.246 e. The van der Waals surface area contributed by atoms with Crippen molar-refractivity contribution < 1.29 is 9.59 Å². The molecule has 164 valence electrons. The van der Waals surface area contributed by atoms with Crippen molar-refractivity contribution in [3.8, 4) is 0 Å². The van der Waals surface area contributed by atoms with Crippen molar-refractivity contribution in [2.24, 2.45) is 5.92 Å². The Morgan fingerprint density at radius 1 is 0.871 bits per heavy atom. The summed E-state index contributed by atoms with van der Waals surface area (Å²) in [6, 6.07) is 17.2. The molecule has 2 aromatic carbocycles. The lowest BCUT2D eigenvalue weighted by Gasteiger charge is -2.38. The molecule has 6 heteroatoms. The number of benzene rings is 2. The molecule has 1 saturated carbocycles. The number of rotatable bonds is 5. The second-order valence-electron chi connectivity index (χ2n) is 8.46. The Labute approximate surface area is 189 Å². The molecule has 2 amide bonds. The molecular formula is C25H30ClN3O2. The van der Waals surface area contributed by atoms with E-state index in [1.54, 1.807) is 0 Å². The monoisotopic (exact) mass is 439 g/mol. The lowest BCUT2D eigenvalue weighted by molar-refractivity contribution is -0.136. The molecule has 1 aliphatic heterocycles. The first-order valence-electron chi connectivity index (χ1n) is 11.3. The zero-order valence-electron chi connectivity index (χ0n) is 17.8. The number of hydrogen-bond acceptors (Lipinski definition) is 3. The standard InChI is InChI=1S/C25H30ClN3O2/c26-23(19-7-3-1-4-8-19)24(30)27-21-11-13-22(14-12-21)28-15-17-29(18-16-28)25(31)20-9-5-2-6-10-20/h1,3-4,7-8,11-14,20,23H,2,5-6,9-10,15-18H2,(H,27,30). The average molecular weight is 440 g/mol. The second kappa shape index (κ2) is 10.2. The third-order valence-corrected chi connectivity index (χ3v) is 6.82. The summed E-state index contributed by atoms with van der Waals surface area (Å²) in [6.07, 6.45) is 5.76. The van der Waals surface area contributed by atoms with Gasteiger partial charge in [-0.05, 0) is 42.7 Å². The first kappa shape index (κ1) is 21.7. The fourth-order valence-electron chi connectivity index (χ4n) is 4.53. The molecule has 31 heavy (non-hydrogen) atoms. The van der Waals surface area contributed by atoms with Crippen LogP contribution in [-0.4, -0.2) is 42.9 Å². The molecule has 2 aliphatic rings. The Morgan fingerprint density at radius 3 is 2.16 bits per heavy atom. The maximum absolute atomic E-state index is 12.8. The number of halogens is 1. The number of piperazine rings is 1. The molecule has 0 bridgehead atoms. The van der Waals surface area contributed by atoms with E-state index in [-0.39, 0.29) is 11.8 Å². The number of nitrogens with one attached hydrogen (secondary N) is 1. The quantitative estimate of drug-likeness (QED) is 0.678. The third-order valence-electron chi connectivity index (χ3n) is 6.37.